The third-order valence-corrected chi connectivity index (χ3v) is 3.97. The minimum atomic E-state index is 0.325. The molecule has 0 aromatic heterocycles. The minimum absolute atomic E-state index is 0.325. The molecule has 0 heterocycles. The average molecular weight is 269 g/mol. The highest BCUT2D eigenvalue weighted by Crippen LogP contribution is 2.33. The first-order valence-electron chi connectivity index (χ1n) is 6.99. The Hall–Kier alpha value is -1.80. The van der Waals surface area contributed by atoms with E-state index in [1.54, 1.807) is 7.11 Å². The molecular weight excluding hydrogens is 246 g/mol. The fourth-order valence-corrected chi connectivity index (χ4v) is 2.30. The molecule has 0 aliphatic carbocycles. The number of ether oxygens (including phenoxy) is 1. The first kappa shape index (κ1) is 14.6. The van der Waals surface area contributed by atoms with Crippen LogP contribution in [0.25, 0.3) is 11.1 Å². The molecule has 2 rings (SSSR count). The molecule has 0 saturated carbocycles. The van der Waals surface area contributed by atoms with Gasteiger partial charge in [0.15, 0.2) is 0 Å². The number of benzene rings is 2. The summed E-state index contributed by atoms with van der Waals surface area (Å²) in [6.07, 6.45) is 0. The highest BCUT2D eigenvalue weighted by Gasteiger charge is 2.10. The third-order valence-electron chi connectivity index (χ3n) is 3.97. The number of rotatable bonds is 4. The molecule has 0 aliphatic rings. The molecule has 1 N–H and O–H groups in total. The largest absolute Gasteiger partial charge is 0.496 e. The molecule has 2 nitrogen and oxygen atoms in total. The Morgan fingerprint density at radius 2 is 1.75 bits per heavy atom. The lowest BCUT2D eigenvalue weighted by Crippen LogP contribution is -2.12. The van der Waals surface area contributed by atoms with Crippen molar-refractivity contribution in [3.05, 3.63) is 53.1 Å². The summed E-state index contributed by atoms with van der Waals surface area (Å²) in [4.78, 5) is 0. The van der Waals surface area contributed by atoms with Crippen LogP contribution in [0, 0.1) is 13.8 Å². The molecule has 0 bridgehead atoms. The van der Waals surface area contributed by atoms with Gasteiger partial charge in [-0.3, -0.25) is 0 Å². The quantitative estimate of drug-likeness (QED) is 0.895. The molecule has 2 aromatic carbocycles. The van der Waals surface area contributed by atoms with Crippen molar-refractivity contribution in [1.29, 1.82) is 0 Å². The summed E-state index contributed by atoms with van der Waals surface area (Å²) in [6.45, 7) is 6.44. The Kier molecular flexibility index (Phi) is 4.46. The number of hydrogen-bond donors (Lipinski definition) is 1. The molecule has 0 fully saturated rings. The Bertz CT molecular complexity index is 604. The molecule has 0 radical (unpaired) electrons. The smallest absolute Gasteiger partial charge is 0.126 e. The number of aryl methyl sites for hydroxylation is 2. The van der Waals surface area contributed by atoms with Gasteiger partial charge < -0.3 is 10.1 Å². The van der Waals surface area contributed by atoms with E-state index in [9.17, 15) is 0 Å². The predicted octanol–water partition coefficient (Wildman–Crippen LogP) is 4.26. The predicted molar refractivity (Wildman–Crippen MR) is 85.4 cm³/mol. The maximum atomic E-state index is 5.52. The zero-order chi connectivity index (χ0) is 14.7. The SMILES string of the molecule is CNC(C)c1ccc(OC)c(-c2ccc(C)c(C)c2)c1. The van der Waals surface area contributed by atoms with Gasteiger partial charge >= 0.3 is 0 Å². The average Bonchev–Trinajstić information content (AvgIpc) is 2.48. The lowest BCUT2D eigenvalue weighted by molar-refractivity contribution is 0.416. The van der Waals surface area contributed by atoms with Gasteiger partial charge in [0.1, 0.15) is 5.75 Å². The van der Waals surface area contributed by atoms with E-state index >= 15 is 0 Å². The second-order valence-corrected chi connectivity index (χ2v) is 5.27. The fraction of sp³-hybridized carbons (Fsp3) is 0.333. The summed E-state index contributed by atoms with van der Waals surface area (Å²) >= 11 is 0. The molecule has 1 atom stereocenters. The van der Waals surface area contributed by atoms with E-state index in [-0.39, 0.29) is 0 Å². The van der Waals surface area contributed by atoms with Crippen LogP contribution in [0.2, 0.25) is 0 Å². The maximum absolute atomic E-state index is 5.52. The van der Waals surface area contributed by atoms with E-state index in [1.807, 2.05) is 13.1 Å². The lowest BCUT2D eigenvalue weighted by Gasteiger charge is -2.16. The molecule has 1 unspecified atom stereocenters. The van der Waals surface area contributed by atoms with Gasteiger partial charge in [-0.1, -0.05) is 24.3 Å². The van der Waals surface area contributed by atoms with Crippen LogP contribution >= 0.6 is 0 Å². The van der Waals surface area contributed by atoms with Gasteiger partial charge in [0.2, 0.25) is 0 Å². The number of hydrogen-bond acceptors (Lipinski definition) is 2. The first-order valence-corrected chi connectivity index (χ1v) is 6.99. The Balaban J connectivity index is 2.54. The van der Waals surface area contributed by atoms with E-state index in [0.29, 0.717) is 6.04 Å². The lowest BCUT2D eigenvalue weighted by atomic mass is 9.96. The van der Waals surface area contributed by atoms with Crippen molar-refractivity contribution >= 4 is 0 Å². The van der Waals surface area contributed by atoms with E-state index in [2.05, 4.69) is 56.4 Å². The summed E-state index contributed by atoms with van der Waals surface area (Å²) in [6, 6.07) is 13.3. The van der Waals surface area contributed by atoms with Gasteiger partial charge in [0.25, 0.3) is 0 Å². The van der Waals surface area contributed by atoms with Crippen molar-refractivity contribution in [2.24, 2.45) is 0 Å². The van der Waals surface area contributed by atoms with Gasteiger partial charge in [0.05, 0.1) is 7.11 Å². The fourth-order valence-electron chi connectivity index (χ4n) is 2.30. The summed E-state index contributed by atoms with van der Waals surface area (Å²) in [5.74, 6) is 0.917. The summed E-state index contributed by atoms with van der Waals surface area (Å²) in [7, 11) is 3.70. The Labute approximate surface area is 121 Å². The van der Waals surface area contributed by atoms with Crippen molar-refractivity contribution < 1.29 is 4.74 Å². The van der Waals surface area contributed by atoms with Crippen molar-refractivity contribution in [3.8, 4) is 16.9 Å². The number of methoxy groups -OCH3 is 1. The van der Waals surface area contributed by atoms with Gasteiger partial charge in [0, 0.05) is 11.6 Å². The second-order valence-electron chi connectivity index (χ2n) is 5.27. The molecule has 20 heavy (non-hydrogen) atoms. The van der Waals surface area contributed by atoms with Crippen molar-refractivity contribution in [1.82, 2.24) is 5.32 Å². The molecule has 0 spiro atoms. The zero-order valence-corrected chi connectivity index (χ0v) is 12.9. The molecule has 2 heteroatoms. The van der Waals surface area contributed by atoms with E-state index < -0.39 is 0 Å². The second kappa shape index (κ2) is 6.10. The van der Waals surface area contributed by atoms with Crippen molar-refractivity contribution in [3.63, 3.8) is 0 Å². The van der Waals surface area contributed by atoms with Crippen LogP contribution in [0.5, 0.6) is 5.75 Å². The first-order chi connectivity index (χ1) is 9.56. The summed E-state index contributed by atoms with van der Waals surface area (Å²) < 4.78 is 5.52. The monoisotopic (exact) mass is 269 g/mol. The van der Waals surface area contributed by atoms with Crippen LogP contribution in [0.15, 0.2) is 36.4 Å². The van der Waals surface area contributed by atoms with E-state index in [1.165, 1.54) is 22.3 Å². The van der Waals surface area contributed by atoms with Crippen LogP contribution in [0.1, 0.15) is 29.7 Å². The highest BCUT2D eigenvalue weighted by atomic mass is 16.5. The van der Waals surface area contributed by atoms with Crippen molar-refractivity contribution in [2.45, 2.75) is 26.8 Å². The molecule has 106 valence electrons. The highest BCUT2D eigenvalue weighted by molar-refractivity contribution is 5.72. The molecule has 0 amide bonds. The summed E-state index contributed by atoms with van der Waals surface area (Å²) in [5.41, 5.74) is 6.23. The van der Waals surface area contributed by atoms with Crippen LogP contribution in [0.3, 0.4) is 0 Å². The van der Waals surface area contributed by atoms with Gasteiger partial charge in [-0.05, 0) is 62.2 Å². The van der Waals surface area contributed by atoms with E-state index in [4.69, 9.17) is 4.74 Å². The van der Waals surface area contributed by atoms with E-state index in [0.717, 1.165) is 11.3 Å². The normalized spacial score (nSPS) is 12.2. The standard InChI is InChI=1S/C18H23NO/c1-12-6-7-16(10-13(12)2)17-11-15(14(3)19-4)8-9-18(17)20-5/h6-11,14,19H,1-5H3. The molecule has 0 aliphatic heterocycles. The van der Waals surface area contributed by atoms with Crippen molar-refractivity contribution in [2.75, 3.05) is 14.2 Å². The van der Waals surface area contributed by atoms with Crippen LogP contribution in [0.4, 0.5) is 0 Å². The molecule has 0 saturated heterocycles. The topological polar surface area (TPSA) is 21.3 Å². The van der Waals surface area contributed by atoms with Gasteiger partial charge in [-0.2, -0.15) is 0 Å². The molecule has 2 aromatic rings. The van der Waals surface area contributed by atoms with Gasteiger partial charge in [-0.25, -0.2) is 0 Å². The van der Waals surface area contributed by atoms with Crippen LogP contribution in [-0.4, -0.2) is 14.2 Å². The minimum Gasteiger partial charge on any atom is -0.496 e. The zero-order valence-electron chi connectivity index (χ0n) is 12.9. The molecular formula is C18H23NO. The van der Waals surface area contributed by atoms with Crippen LogP contribution in [-0.2, 0) is 0 Å². The maximum Gasteiger partial charge on any atom is 0.126 e. The third kappa shape index (κ3) is 2.86. The Morgan fingerprint density at radius 1 is 1.00 bits per heavy atom. The number of nitrogens with one attached hydrogen (secondary N) is 1. The van der Waals surface area contributed by atoms with Gasteiger partial charge in [-0.15, -0.1) is 0 Å². The van der Waals surface area contributed by atoms with Crippen LogP contribution < -0.4 is 10.1 Å². The Morgan fingerprint density at radius 3 is 2.35 bits per heavy atom. The summed E-state index contributed by atoms with van der Waals surface area (Å²) in [5, 5.41) is 3.28.